The van der Waals surface area contributed by atoms with Gasteiger partial charge in [0, 0.05) is 6.92 Å². The van der Waals surface area contributed by atoms with Crippen LogP contribution in [0.15, 0.2) is 18.2 Å². The predicted molar refractivity (Wildman–Crippen MR) is 105 cm³/mol. The fourth-order valence-corrected chi connectivity index (χ4v) is 2.82. The summed E-state index contributed by atoms with van der Waals surface area (Å²) in [5, 5.41) is 51.1. The number of carboxylic acid groups (broad SMARTS) is 1. The van der Waals surface area contributed by atoms with E-state index < -0.39 is 54.1 Å². The molecule has 1 saturated heterocycles. The molecule has 1 aliphatic rings. The highest BCUT2D eigenvalue weighted by molar-refractivity contribution is 5.97. The van der Waals surface area contributed by atoms with Gasteiger partial charge in [-0.2, -0.15) is 0 Å². The van der Waals surface area contributed by atoms with Crippen molar-refractivity contribution in [2.75, 3.05) is 6.61 Å². The zero-order chi connectivity index (χ0) is 24.2. The summed E-state index contributed by atoms with van der Waals surface area (Å²) >= 11 is 0. The molecule has 0 spiro atoms. The van der Waals surface area contributed by atoms with E-state index in [1.165, 1.54) is 25.1 Å². The number of carbonyl (C=O) groups is 3. The van der Waals surface area contributed by atoms with Gasteiger partial charge in [0.1, 0.15) is 30.7 Å². The van der Waals surface area contributed by atoms with Gasteiger partial charge >= 0.3 is 11.9 Å². The van der Waals surface area contributed by atoms with Gasteiger partial charge in [0.25, 0.3) is 5.91 Å². The minimum absolute atomic E-state index is 0.0977. The molecular weight excluding hydrogens is 430 g/mol. The second-order valence-electron chi connectivity index (χ2n) is 7.96. The molecule has 5 atom stereocenters. The maximum atomic E-state index is 12.8. The molecule has 1 aliphatic heterocycles. The molecule has 0 aromatic heterocycles. The van der Waals surface area contributed by atoms with Crippen molar-refractivity contribution in [3.05, 3.63) is 29.3 Å². The Morgan fingerprint density at radius 3 is 2.34 bits per heavy atom. The summed E-state index contributed by atoms with van der Waals surface area (Å²) in [5.41, 5.74) is -0.682. The number of carbonyl (C=O) groups excluding carboxylic acids is 2. The van der Waals surface area contributed by atoms with Crippen molar-refractivity contribution in [3.63, 3.8) is 0 Å². The summed E-state index contributed by atoms with van der Waals surface area (Å²) in [4.78, 5) is 35.2. The predicted octanol–water partition coefficient (Wildman–Crippen LogP) is -1.48. The normalized spacial score (nSPS) is 25.7. The topological polar surface area (TPSA) is 192 Å². The number of carboxylic acids is 1. The van der Waals surface area contributed by atoms with E-state index >= 15 is 0 Å². The highest BCUT2D eigenvalue weighted by Gasteiger charge is 2.48. The third-order valence-corrected chi connectivity index (χ3v) is 4.63. The van der Waals surface area contributed by atoms with E-state index in [0.717, 1.165) is 0 Å². The first-order valence-corrected chi connectivity index (χ1v) is 9.65. The molecular formula is C20H27NO11. The van der Waals surface area contributed by atoms with Crippen LogP contribution in [0.3, 0.4) is 0 Å². The van der Waals surface area contributed by atoms with Crippen molar-refractivity contribution >= 4 is 17.8 Å². The number of hydrogen-bond donors (Lipinski definition) is 6. The highest BCUT2D eigenvalue weighted by Crippen LogP contribution is 2.28. The number of aliphatic hydroxyl groups excluding tert-OH is 4. The first-order chi connectivity index (χ1) is 14.9. The number of benzene rings is 1. The lowest BCUT2D eigenvalue weighted by Crippen LogP contribution is -2.61. The van der Waals surface area contributed by atoms with Crippen molar-refractivity contribution in [2.45, 2.75) is 63.6 Å². The number of aliphatic carboxylic acids is 1. The average Bonchev–Trinajstić information content (AvgIpc) is 2.72. The van der Waals surface area contributed by atoms with Gasteiger partial charge in [0.2, 0.25) is 6.29 Å². The molecule has 0 bridgehead atoms. The molecule has 32 heavy (non-hydrogen) atoms. The average molecular weight is 457 g/mol. The lowest BCUT2D eigenvalue weighted by Gasteiger charge is -2.38. The number of ether oxygens (including phenoxy) is 3. The Balaban J connectivity index is 2.37. The van der Waals surface area contributed by atoms with E-state index in [-0.39, 0.29) is 24.5 Å². The van der Waals surface area contributed by atoms with Crippen LogP contribution in [0, 0.1) is 0 Å². The number of hydrogen-bond acceptors (Lipinski definition) is 10. The van der Waals surface area contributed by atoms with Crippen molar-refractivity contribution < 1.29 is 54.1 Å². The summed E-state index contributed by atoms with van der Waals surface area (Å²) < 4.78 is 15.5. The summed E-state index contributed by atoms with van der Waals surface area (Å²) in [7, 11) is 0. The van der Waals surface area contributed by atoms with Crippen molar-refractivity contribution in [3.8, 4) is 5.75 Å². The maximum Gasteiger partial charge on any atom is 0.335 e. The Bertz CT molecular complexity index is 856. The smallest absolute Gasteiger partial charge is 0.335 e. The zero-order valence-electron chi connectivity index (χ0n) is 17.7. The van der Waals surface area contributed by atoms with Crippen LogP contribution in [0.2, 0.25) is 0 Å². The van der Waals surface area contributed by atoms with Crippen LogP contribution in [-0.2, 0) is 25.7 Å². The van der Waals surface area contributed by atoms with Crippen molar-refractivity contribution in [1.82, 2.24) is 5.32 Å². The van der Waals surface area contributed by atoms with Gasteiger partial charge in [-0.3, -0.25) is 9.59 Å². The molecule has 0 radical (unpaired) electrons. The fourth-order valence-electron chi connectivity index (χ4n) is 2.82. The molecule has 178 valence electrons. The Hall–Kier alpha value is -2.77. The van der Waals surface area contributed by atoms with E-state index in [1.54, 1.807) is 13.8 Å². The monoisotopic (exact) mass is 457 g/mol. The lowest BCUT2D eigenvalue weighted by atomic mass is 9.99. The molecule has 1 aromatic rings. The number of rotatable bonds is 8. The van der Waals surface area contributed by atoms with Crippen LogP contribution < -0.4 is 10.1 Å². The number of amides is 1. The van der Waals surface area contributed by atoms with Crippen LogP contribution in [-0.4, -0.2) is 86.2 Å². The maximum absolute atomic E-state index is 12.8. The van der Waals surface area contributed by atoms with Gasteiger partial charge < -0.3 is 45.1 Å². The summed E-state index contributed by atoms with van der Waals surface area (Å²) in [6, 6.07) is 4.11. The number of aliphatic hydroxyl groups is 4. The third kappa shape index (κ3) is 6.14. The molecule has 0 aliphatic carbocycles. The molecule has 12 heteroatoms. The van der Waals surface area contributed by atoms with Gasteiger partial charge in [0.05, 0.1) is 17.7 Å². The third-order valence-electron chi connectivity index (χ3n) is 4.63. The zero-order valence-corrected chi connectivity index (χ0v) is 17.7. The van der Waals surface area contributed by atoms with E-state index in [4.69, 9.17) is 14.2 Å². The van der Waals surface area contributed by atoms with E-state index in [9.17, 15) is 39.9 Å². The van der Waals surface area contributed by atoms with Gasteiger partial charge in [0.15, 0.2) is 6.10 Å². The highest BCUT2D eigenvalue weighted by atomic mass is 16.7. The van der Waals surface area contributed by atoms with Crippen LogP contribution in [0.5, 0.6) is 5.75 Å². The van der Waals surface area contributed by atoms with E-state index in [2.05, 4.69) is 5.32 Å². The van der Waals surface area contributed by atoms with Crippen molar-refractivity contribution in [1.29, 1.82) is 0 Å². The Kier molecular flexibility index (Phi) is 8.15. The van der Waals surface area contributed by atoms with Gasteiger partial charge in [-0.1, -0.05) is 6.07 Å². The Morgan fingerprint density at radius 1 is 1.12 bits per heavy atom. The number of nitrogens with one attached hydrogen (secondary N) is 1. The van der Waals surface area contributed by atoms with Gasteiger partial charge in [-0.25, -0.2) is 4.79 Å². The van der Waals surface area contributed by atoms with Crippen LogP contribution in [0.1, 0.15) is 36.7 Å². The second kappa shape index (κ2) is 10.2. The van der Waals surface area contributed by atoms with Gasteiger partial charge in [-0.15, -0.1) is 0 Å². The molecule has 2 rings (SSSR count). The van der Waals surface area contributed by atoms with Crippen LogP contribution >= 0.6 is 0 Å². The molecule has 0 saturated carbocycles. The summed E-state index contributed by atoms with van der Waals surface area (Å²) in [6.07, 6.45) is -9.23. The molecule has 6 N–H and O–H groups in total. The van der Waals surface area contributed by atoms with E-state index in [1.807, 2.05) is 0 Å². The Morgan fingerprint density at radius 2 is 1.78 bits per heavy atom. The van der Waals surface area contributed by atoms with E-state index in [0.29, 0.717) is 5.56 Å². The van der Waals surface area contributed by atoms with Crippen LogP contribution in [0.4, 0.5) is 0 Å². The van der Waals surface area contributed by atoms with Crippen LogP contribution in [0.25, 0.3) is 0 Å². The largest absolute Gasteiger partial charge is 0.479 e. The second-order valence-corrected chi connectivity index (χ2v) is 7.96. The SMILES string of the molecule is CC(=O)OCc1ccc(O[C@@H]2O[C@H](C(=O)O)[C@@H](O)[C@H](O)[C@H]2O)c(C(=O)NC(C)(C)CO)c1. The molecule has 1 fully saturated rings. The number of esters is 1. The standard InChI is InChI=1S/C20H27NO11/c1-9(23)30-7-10-4-5-12(11(6-10)17(27)21-20(2,3)8-22)31-19-15(26)13(24)14(25)16(32-19)18(28)29/h4-6,13-16,19,22,24-26H,7-8H2,1-3H3,(H,21,27)(H,28,29)/t13-,14-,15+,16-,19+/m0/s1. The van der Waals surface area contributed by atoms with Crippen molar-refractivity contribution in [2.24, 2.45) is 0 Å². The first kappa shape index (κ1) is 25.5. The molecule has 12 nitrogen and oxygen atoms in total. The Labute approximate surface area is 183 Å². The first-order valence-electron chi connectivity index (χ1n) is 9.65. The minimum Gasteiger partial charge on any atom is -0.479 e. The minimum atomic E-state index is -1.90. The summed E-state index contributed by atoms with van der Waals surface area (Å²) in [6.45, 7) is 3.83. The molecule has 0 unspecified atom stereocenters. The summed E-state index contributed by atoms with van der Waals surface area (Å²) in [5.74, 6) is -2.97. The lowest BCUT2D eigenvalue weighted by molar-refractivity contribution is -0.271. The fraction of sp³-hybridized carbons (Fsp3) is 0.550. The molecule has 1 aromatic carbocycles. The molecule has 1 amide bonds. The molecule has 1 heterocycles. The van der Waals surface area contributed by atoms with Gasteiger partial charge in [-0.05, 0) is 31.5 Å². The quantitative estimate of drug-likeness (QED) is 0.249.